The van der Waals surface area contributed by atoms with Gasteiger partial charge in [-0.2, -0.15) is 0 Å². The molecule has 2 rings (SSSR count). The van der Waals surface area contributed by atoms with Crippen molar-refractivity contribution in [3.63, 3.8) is 0 Å². The second-order valence-corrected chi connectivity index (χ2v) is 6.42. The van der Waals surface area contributed by atoms with Gasteiger partial charge in [0.25, 0.3) is 0 Å². The number of hydrogen-bond acceptors (Lipinski definition) is 3. The van der Waals surface area contributed by atoms with Gasteiger partial charge < -0.3 is 15.0 Å². The van der Waals surface area contributed by atoms with Crippen LogP contribution < -0.4 is 14.6 Å². The van der Waals surface area contributed by atoms with Crippen LogP contribution in [0, 0.1) is 6.92 Å². The first kappa shape index (κ1) is 18.9. The molecule has 0 aliphatic heterocycles. The summed E-state index contributed by atoms with van der Waals surface area (Å²) >= 11 is 0. The fourth-order valence-corrected chi connectivity index (χ4v) is 2.64. The lowest BCUT2D eigenvalue weighted by molar-refractivity contribution is -0.695. The number of hydrogen-bond donors (Lipinski definition) is 1. The van der Waals surface area contributed by atoms with E-state index in [2.05, 4.69) is 17.1 Å². The van der Waals surface area contributed by atoms with Crippen molar-refractivity contribution >= 4 is 5.91 Å². The standard InChI is InChI=1S/C20H27N3O2/c1-16-9-12-23(13-10-16)14-11-20(24)21-15-19(22(2)3)17-5-7-18(25-4)8-6-17/h5-10,12-13,19H,11,14-15H2,1-4H3/p+1. The average Bonchev–Trinajstić information content (AvgIpc) is 2.61. The highest BCUT2D eigenvalue weighted by atomic mass is 16.5. The van der Waals surface area contributed by atoms with Crippen LogP contribution in [-0.4, -0.2) is 38.6 Å². The third-order valence-electron chi connectivity index (χ3n) is 4.27. The van der Waals surface area contributed by atoms with Gasteiger partial charge in [0, 0.05) is 18.7 Å². The first-order valence-corrected chi connectivity index (χ1v) is 8.52. The van der Waals surface area contributed by atoms with Gasteiger partial charge in [-0.05, 0) is 44.3 Å². The topological polar surface area (TPSA) is 45.5 Å². The summed E-state index contributed by atoms with van der Waals surface area (Å²) in [5, 5.41) is 3.05. The van der Waals surface area contributed by atoms with Crippen molar-refractivity contribution in [2.24, 2.45) is 0 Å². The number of rotatable bonds is 8. The summed E-state index contributed by atoms with van der Waals surface area (Å²) in [6, 6.07) is 12.2. The van der Waals surface area contributed by atoms with Crippen LogP contribution in [-0.2, 0) is 11.3 Å². The molecule has 0 saturated carbocycles. The third-order valence-corrected chi connectivity index (χ3v) is 4.27. The number of aryl methyl sites for hydroxylation is 2. The maximum atomic E-state index is 12.2. The van der Waals surface area contributed by atoms with E-state index in [1.165, 1.54) is 5.56 Å². The zero-order valence-electron chi connectivity index (χ0n) is 15.5. The minimum absolute atomic E-state index is 0.0634. The molecule has 0 saturated heterocycles. The SMILES string of the molecule is COc1ccc(C(CNC(=O)CC[n+]2ccc(C)cc2)N(C)C)cc1. The Morgan fingerprint density at radius 2 is 1.80 bits per heavy atom. The van der Waals surface area contributed by atoms with Crippen LogP contribution >= 0.6 is 0 Å². The molecule has 5 heteroatoms. The van der Waals surface area contributed by atoms with Crippen molar-refractivity contribution in [3.05, 3.63) is 59.9 Å². The first-order chi connectivity index (χ1) is 12.0. The number of aromatic nitrogens is 1. The molecule has 1 amide bonds. The number of likely N-dealkylation sites (N-methyl/N-ethyl adjacent to an activating group) is 1. The summed E-state index contributed by atoms with van der Waals surface area (Å²) in [7, 11) is 5.69. The maximum Gasteiger partial charge on any atom is 0.226 e. The van der Waals surface area contributed by atoms with Crippen LogP contribution in [0.5, 0.6) is 5.75 Å². The van der Waals surface area contributed by atoms with Crippen LogP contribution in [0.4, 0.5) is 0 Å². The van der Waals surface area contributed by atoms with E-state index >= 15 is 0 Å². The lowest BCUT2D eigenvalue weighted by atomic mass is 10.1. The van der Waals surface area contributed by atoms with E-state index in [4.69, 9.17) is 4.74 Å². The smallest absolute Gasteiger partial charge is 0.226 e. The van der Waals surface area contributed by atoms with Crippen molar-refractivity contribution in [2.75, 3.05) is 27.7 Å². The average molecular weight is 342 g/mol. The zero-order valence-corrected chi connectivity index (χ0v) is 15.5. The van der Waals surface area contributed by atoms with Crippen molar-refractivity contribution in [1.29, 1.82) is 0 Å². The molecule has 2 aromatic rings. The number of ether oxygens (including phenoxy) is 1. The van der Waals surface area contributed by atoms with Crippen LogP contribution in [0.25, 0.3) is 0 Å². The normalized spacial score (nSPS) is 12.0. The molecule has 1 aromatic carbocycles. The van der Waals surface area contributed by atoms with E-state index in [0.29, 0.717) is 19.5 Å². The largest absolute Gasteiger partial charge is 0.497 e. The Hall–Kier alpha value is -2.40. The Balaban J connectivity index is 1.87. The lowest BCUT2D eigenvalue weighted by Gasteiger charge is -2.25. The predicted octanol–water partition coefficient (Wildman–Crippen LogP) is 2.10. The van der Waals surface area contributed by atoms with Gasteiger partial charge in [0.2, 0.25) is 5.91 Å². The number of carbonyl (C=O) groups is 1. The van der Waals surface area contributed by atoms with Crippen molar-refractivity contribution in [3.8, 4) is 5.75 Å². The fraction of sp³-hybridized carbons (Fsp3) is 0.400. The van der Waals surface area contributed by atoms with E-state index in [1.807, 2.05) is 67.5 Å². The lowest BCUT2D eigenvalue weighted by Crippen LogP contribution is -2.38. The summed E-state index contributed by atoms with van der Waals surface area (Å²) < 4.78 is 7.23. The van der Waals surface area contributed by atoms with E-state index in [0.717, 1.165) is 11.3 Å². The molecule has 0 spiro atoms. The van der Waals surface area contributed by atoms with Crippen LogP contribution in [0.3, 0.4) is 0 Å². The van der Waals surface area contributed by atoms with E-state index in [1.54, 1.807) is 7.11 Å². The maximum absolute atomic E-state index is 12.2. The van der Waals surface area contributed by atoms with Gasteiger partial charge in [0.15, 0.2) is 18.9 Å². The molecule has 0 radical (unpaired) electrons. The Morgan fingerprint density at radius 1 is 1.16 bits per heavy atom. The molecule has 1 unspecified atom stereocenters. The molecule has 1 atom stereocenters. The van der Waals surface area contributed by atoms with Gasteiger partial charge in [-0.15, -0.1) is 0 Å². The molecule has 0 aliphatic carbocycles. The predicted molar refractivity (Wildman–Crippen MR) is 98.4 cm³/mol. The highest BCUT2D eigenvalue weighted by Crippen LogP contribution is 2.20. The van der Waals surface area contributed by atoms with E-state index in [-0.39, 0.29) is 11.9 Å². The molecule has 1 N–H and O–H groups in total. The molecular formula is C20H28N3O2+. The van der Waals surface area contributed by atoms with Crippen LogP contribution in [0.15, 0.2) is 48.8 Å². The number of nitrogens with one attached hydrogen (secondary N) is 1. The summed E-state index contributed by atoms with van der Waals surface area (Å²) in [5.41, 5.74) is 2.37. The van der Waals surface area contributed by atoms with Crippen LogP contribution in [0.2, 0.25) is 0 Å². The van der Waals surface area contributed by atoms with Gasteiger partial charge in [-0.3, -0.25) is 4.79 Å². The van der Waals surface area contributed by atoms with Gasteiger partial charge in [-0.25, -0.2) is 4.57 Å². The van der Waals surface area contributed by atoms with Gasteiger partial charge >= 0.3 is 0 Å². The second-order valence-electron chi connectivity index (χ2n) is 6.42. The third kappa shape index (κ3) is 5.87. The molecule has 5 nitrogen and oxygen atoms in total. The molecular weight excluding hydrogens is 314 g/mol. The summed E-state index contributed by atoms with van der Waals surface area (Å²) in [6.07, 6.45) is 4.47. The summed E-state index contributed by atoms with van der Waals surface area (Å²) in [4.78, 5) is 14.3. The van der Waals surface area contributed by atoms with Crippen LogP contribution in [0.1, 0.15) is 23.6 Å². The van der Waals surface area contributed by atoms with E-state index in [9.17, 15) is 4.79 Å². The Morgan fingerprint density at radius 3 is 2.36 bits per heavy atom. The summed E-state index contributed by atoms with van der Waals surface area (Å²) in [6.45, 7) is 3.32. The number of pyridine rings is 1. The molecule has 1 aromatic heterocycles. The Labute approximate surface area is 150 Å². The molecule has 134 valence electrons. The second kappa shape index (κ2) is 9.18. The highest BCUT2D eigenvalue weighted by Gasteiger charge is 2.16. The Bertz CT molecular complexity index is 666. The molecule has 0 bridgehead atoms. The summed E-state index contributed by atoms with van der Waals surface area (Å²) in [5.74, 6) is 0.897. The molecule has 0 aliphatic rings. The Kier molecular flexibility index (Phi) is 6.95. The molecule has 1 heterocycles. The molecule has 0 fully saturated rings. The first-order valence-electron chi connectivity index (χ1n) is 8.52. The number of carbonyl (C=O) groups excluding carboxylic acids is 1. The quantitative estimate of drug-likeness (QED) is 0.747. The van der Waals surface area contributed by atoms with Crippen molar-refractivity contribution < 1.29 is 14.1 Å². The van der Waals surface area contributed by atoms with Gasteiger partial charge in [0.05, 0.1) is 19.6 Å². The number of methoxy groups -OCH3 is 1. The minimum Gasteiger partial charge on any atom is -0.497 e. The van der Waals surface area contributed by atoms with Gasteiger partial charge in [0.1, 0.15) is 5.75 Å². The number of amides is 1. The number of nitrogens with zero attached hydrogens (tertiary/aromatic N) is 2. The number of benzene rings is 1. The van der Waals surface area contributed by atoms with E-state index < -0.39 is 0 Å². The zero-order chi connectivity index (χ0) is 18.2. The molecule has 25 heavy (non-hydrogen) atoms. The minimum atomic E-state index is 0.0634. The van der Waals surface area contributed by atoms with Crippen molar-refractivity contribution in [1.82, 2.24) is 10.2 Å². The van der Waals surface area contributed by atoms with Gasteiger partial charge in [-0.1, -0.05) is 12.1 Å². The highest BCUT2D eigenvalue weighted by molar-refractivity contribution is 5.75. The monoisotopic (exact) mass is 342 g/mol. The fourth-order valence-electron chi connectivity index (χ4n) is 2.64. The van der Waals surface area contributed by atoms with Crippen molar-refractivity contribution in [2.45, 2.75) is 25.9 Å².